The zero-order chi connectivity index (χ0) is 22.8. The van der Waals surface area contributed by atoms with Gasteiger partial charge in [-0.1, -0.05) is 27.3 Å². The number of likely N-dealkylation sites (N-methyl/N-ethyl adjacent to an activating group) is 1. The number of thiazole rings is 1. The Morgan fingerprint density at radius 2 is 1.88 bits per heavy atom. The van der Waals surface area contributed by atoms with Gasteiger partial charge in [-0.3, -0.25) is 14.5 Å². The summed E-state index contributed by atoms with van der Waals surface area (Å²) >= 11 is 5.54. The van der Waals surface area contributed by atoms with Crippen molar-refractivity contribution in [3.05, 3.63) is 51.2 Å². The first-order valence-electron chi connectivity index (χ1n) is 8.93. The van der Waals surface area contributed by atoms with E-state index < -0.39 is 0 Å². The Labute approximate surface area is 198 Å². The van der Waals surface area contributed by atoms with Gasteiger partial charge in [0.2, 0.25) is 11.0 Å². The predicted octanol–water partition coefficient (Wildman–Crippen LogP) is 3.90. The van der Waals surface area contributed by atoms with Crippen LogP contribution in [0.2, 0.25) is 0 Å². The fourth-order valence-corrected chi connectivity index (χ4v) is 4.37. The van der Waals surface area contributed by atoms with Crippen LogP contribution in [0.15, 0.2) is 40.1 Å². The van der Waals surface area contributed by atoms with E-state index in [2.05, 4.69) is 30.9 Å². The highest BCUT2D eigenvalue weighted by Gasteiger charge is 2.32. The van der Waals surface area contributed by atoms with Gasteiger partial charge in [0, 0.05) is 29.5 Å². The highest BCUT2D eigenvalue weighted by molar-refractivity contribution is 9.10. The van der Waals surface area contributed by atoms with Gasteiger partial charge in [-0.15, -0.1) is 0 Å². The molecule has 0 saturated carbocycles. The van der Waals surface area contributed by atoms with Crippen LogP contribution in [-0.2, 0) is 11.4 Å². The van der Waals surface area contributed by atoms with E-state index in [-0.39, 0.29) is 23.7 Å². The molecule has 1 fully saturated rings. The van der Waals surface area contributed by atoms with Crippen LogP contribution in [0.1, 0.15) is 11.1 Å². The zero-order valence-corrected chi connectivity index (χ0v) is 19.7. The van der Waals surface area contributed by atoms with Gasteiger partial charge in [0.05, 0.1) is 11.1 Å². The Bertz CT molecular complexity index is 1230. The van der Waals surface area contributed by atoms with Crippen LogP contribution in [0, 0.1) is 0 Å². The molecule has 164 valence electrons. The number of hydrogen-bond acceptors (Lipinski definition) is 11. The maximum atomic E-state index is 12.3. The number of rotatable bonds is 6. The minimum absolute atomic E-state index is 0.147. The van der Waals surface area contributed by atoms with Crippen molar-refractivity contribution in [2.45, 2.75) is 6.61 Å². The van der Waals surface area contributed by atoms with E-state index in [1.807, 2.05) is 0 Å². The fraction of sp³-hybridized carbons (Fsp3) is 0.105. The molecular weight excluding hydrogens is 520 g/mol. The number of nitrogens with two attached hydrogens (primary N) is 2. The third kappa shape index (κ3) is 4.84. The molecule has 1 aromatic carbocycles. The topological polar surface area (TPSA) is 147 Å². The standard InChI is InChI=1S/C19H15BrN6O4S2/c1-26-16(27)14(31-19(26)28)3-10-2-12(29-8-9-5-23-17(21)24-6-9)13(4-11(10)20)30-15-7-25-18(22)32-15/h2-7H,8H2,1H3,(H2,22,25)(H2,21,23,24)/b14-3-. The average Bonchev–Trinajstić information content (AvgIpc) is 3.28. The Balaban J connectivity index is 1.67. The molecule has 0 unspecified atom stereocenters. The van der Waals surface area contributed by atoms with E-state index in [0.717, 1.165) is 16.7 Å². The van der Waals surface area contributed by atoms with Gasteiger partial charge in [0.1, 0.15) is 6.61 Å². The summed E-state index contributed by atoms with van der Waals surface area (Å²) in [6, 6.07) is 3.40. The largest absolute Gasteiger partial charge is 0.485 e. The number of ether oxygens (including phenoxy) is 2. The number of halogens is 1. The van der Waals surface area contributed by atoms with Crippen molar-refractivity contribution in [2.24, 2.45) is 0 Å². The Kier molecular flexibility index (Phi) is 6.30. The van der Waals surface area contributed by atoms with Gasteiger partial charge >= 0.3 is 0 Å². The molecule has 1 aliphatic rings. The number of thioether (sulfide) groups is 1. The highest BCUT2D eigenvalue weighted by atomic mass is 79.9. The van der Waals surface area contributed by atoms with Crippen molar-refractivity contribution >= 4 is 67.3 Å². The van der Waals surface area contributed by atoms with Gasteiger partial charge < -0.3 is 20.9 Å². The molecule has 3 heterocycles. The summed E-state index contributed by atoms with van der Waals surface area (Å²) in [5.74, 6) is 0.585. The third-order valence-electron chi connectivity index (χ3n) is 4.17. The lowest BCUT2D eigenvalue weighted by Gasteiger charge is -2.14. The summed E-state index contributed by atoms with van der Waals surface area (Å²) in [5, 5.41) is 0.516. The molecule has 2 amide bonds. The van der Waals surface area contributed by atoms with Crippen molar-refractivity contribution in [3.63, 3.8) is 0 Å². The van der Waals surface area contributed by atoms with Crippen molar-refractivity contribution in [2.75, 3.05) is 18.5 Å². The second-order valence-corrected chi connectivity index (χ2v) is 9.29. The summed E-state index contributed by atoms with van der Waals surface area (Å²) in [4.78, 5) is 37.3. The van der Waals surface area contributed by atoms with Crippen molar-refractivity contribution in [1.82, 2.24) is 19.9 Å². The molecule has 0 bridgehead atoms. The number of aromatic nitrogens is 3. The molecule has 0 aliphatic carbocycles. The van der Waals surface area contributed by atoms with Gasteiger partial charge in [-0.25, -0.2) is 15.0 Å². The summed E-state index contributed by atoms with van der Waals surface area (Å²) < 4.78 is 12.5. The lowest BCUT2D eigenvalue weighted by molar-refractivity contribution is -0.121. The van der Waals surface area contributed by atoms with Crippen LogP contribution in [0.5, 0.6) is 16.6 Å². The number of anilines is 2. The average molecular weight is 535 g/mol. The minimum Gasteiger partial charge on any atom is -0.485 e. The number of imide groups is 1. The second kappa shape index (κ2) is 9.14. The maximum absolute atomic E-state index is 12.3. The van der Waals surface area contributed by atoms with Crippen LogP contribution in [0.25, 0.3) is 6.08 Å². The number of nitrogen functional groups attached to an aromatic ring is 2. The lowest BCUT2D eigenvalue weighted by Crippen LogP contribution is -2.22. The molecule has 0 radical (unpaired) electrons. The Hall–Kier alpha value is -3.16. The molecule has 2 aromatic heterocycles. The monoisotopic (exact) mass is 534 g/mol. The predicted molar refractivity (Wildman–Crippen MR) is 125 cm³/mol. The number of benzene rings is 1. The normalized spacial score (nSPS) is 14.9. The van der Waals surface area contributed by atoms with E-state index >= 15 is 0 Å². The van der Waals surface area contributed by atoms with E-state index in [9.17, 15) is 9.59 Å². The second-order valence-electron chi connectivity index (χ2n) is 6.42. The van der Waals surface area contributed by atoms with Crippen molar-refractivity contribution < 1.29 is 19.1 Å². The van der Waals surface area contributed by atoms with E-state index in [1.165, 1.54) is 24.6 Å². The molecule has 4 rings (SSSR count). The molecule has 4 N–H and O–H groups in total. The molecule has 0 atom stereocenters. The molecular formula is C19H15BrN6O4S2. The SMILES string of the molecule is CN1C(=O)S/C(=C\c2cc(OCc3cnc(N)nc3)c(Oc3cnc(N)s3)cc2Br)C1=O. The smallest absolute Gasteiger partial charge is 0.293 e. The summed E-state index contributed by atoms with van der Waals surface area (Å²) in [6.07, 6.45) is 6.25. The summed E-state index contributed by atoms with van der Waals surface area (Å²) in [6.45, 7) is 0.147. The minimum atomic E-state index is -0.367. The van der Waals surface area contributed by atoms with Gasteiger partial charge in [-0.2, -0.15) is 0 Å². The molecule has 32 heavy (non-hydrogen) atoms. The number of carbonyl (C=O) groups is 2. The van der Waals surface area contributed by atoms with E-state index in [0.29, 0.717) is 42.2 Å². The summed E-state index contributed by atoms with van der Waals surface area (Å²) in [5.41, 5.74) is 12.5. The molecule has 1 saturated heterocycles. The van der Waals surface area contributed by atoms with E-state index in [1.54, 1.807) is 30.6 Å². The first-order chi connectivity index (χ1) is 15.3. The lowest BCUT2D eigenvalue weighted by atomic mass is 10.2. The third-order valence-corrected chi connectivity index (χ3v) is 6.52. The van der Waals surface area contributed by atoms with Gasteiger partial charge in [0.25, 0.3) is 11.1 Å². The van der Waals surface area contributed by atoms with E-state index in [4.69, 9.17) is 20.9 Å². The maximum Gasteiger partial charge on any atom is 0.293 e. The molecule has 0 spiro atoms. The number of carbonyl (C=O) groups excluding carboxylic acids is 2. The zero-order valence-electron chi connectivity index (χ0n) is 16.4. The van der Waals surface area contributed by atoms with Crippen molar-refractivity contribution in [1.29, 1.82) is 0 Å². The molecule has 10 nitrogen and oxygen atoms in total. The molecule has 1 aliphatic heterocycles. The van der Waals surface area contributed by atoms with Crippen LogP contribution in [0.3, 0.4) is 0 Å². The van der Waals surface area contributed by atoms with Gasteiger partial charge in [0.15, 0.2) is 16.6 Å². The van der Waals surface area contributed by atoms with Crippen LogP contribution in [0.4, 0.5) is 15.9 Å². The fourth-order valence-electron chi connectivity index (χ4n) is 2.57. The summed E-state index contributed by atoms with van der Waals surface area (Å²) in [7, 11) is 1.44. The number of hydrogen-bond donors (Lipinski definition) is 2. The first-order valence-corrected chi connectivity index (χ1v) is 11.4. The Morgan fingerprint density at radius 3 is 2.50 bits per heavy atom. The number of nitrogens with zero attached hydrogens (tertiary/aromatic N) is 4. The van der Waals surface area contributed by atoms with Crippen LogP contribution in [-0.4, -0.2) is 38.0 Å². The first kappa shape index (κ1) is 22.0. The molecule has 3 aromatic rings. The van der Waals surface area contributed by atoms with Crippen molar-refractivity contribution in [3.8, 4) is 16.6 Å². The Morgan fingerprint density at radius 1 is 1.12 bits per heavy atom. The van der Waals surface area contributed by atoms with Crippen LogP contribution < -0.4 is 20.9 Å². The van der Waals surface area contributed by atoms with Crippen LogP contribution >= 0.6 is 39.0 Å². The molecule has 13 heteroatoms. The number of amides is 2. The van der Waals surface area contributed by atoms with Gasteiger partial charge in [-0.05, 0) is 35.5 Å². The quantitative estimate of drug-likeness (QED) is 0.446. The highest BCUT2D eigenvalue weighted by Crippen LogP contribution is 2.41.